The molecule has 148 valence electrons. The minimum Gasteiger partial charge on any atom is -0.505 e. The average molecular weight is 435 g/mol. The number of hydrogen-bond donors (Lipinski definition) is 3. The number of amides is 1. The van der Waals surface area contributed by atoms with Gasteiger partial charge in [-0.3, -0.25) is 9.52 Å². The molecule has 1 aliphatic rings. The minimum absolute atomic E-state index is 0.0114. The van der Waals surface area contributed by atoms with Crippen LogP contribution >= 0.6 is 11.6 Å². The summed E-state index contributed by atoms with van der Waals surface area (Å²) in [5, 5.41) is 12.6. The van der Waals surface area contributed by atoms with Crippen molar-refractivity contribution < 1.29 is 22.9 Å². The zero-order valence-electron chi connectivity index (χ0n) is 14.6. The molecule has 0 saturated heterocycles. The third kappa shape index (κ3) is 3.45. The van der Waals surface area contributed by atoms with Gasteiger partial charge in [-0.1, -0.05) is 35.9 Å². The van der Waals surface area contributed by atoms with Gasteiger partial charge in [-0.2, -0.15) is 0 Å². The molecule has 0 radical (unpaired) electrons. The van der Waals surface area contributed by atoms with Gasteiger partial charge in [-0.05, 0) is 35.4 Å². The van der Waals surface area contributed by atoms with Crippen LogP contribution in [0.1, 0.15) is 15.9 Å². The Hall–Kier alpha value is -2.97. The van der Waals surface area contributed by atoms with Crippen LogP contribution in [0.15, 0.2) is 53.4 Å². The molecule has 0 fully saturated rings. The zero-order valence-corrected chi connectivity index (χ0v) is 16.2. The molecule has 1 unspecified atom stereocenters. The maximum absolute atomic E-state index is 15.2. The summed E-state index contributed by atoms with van der Waals surface area (Å²) >= 11 is 5.97. The van der Waals surface area contributed by atoms with Crippen LogP contribution in [-0.2, 0) is 17.5 Å². The minimum atomic E-state index is -2.18. The van der Waals surface area contributed by atoms with Crippen LogP contribution in [0.3, 0.4) is 0 Å². The molecule has 1 amide bonds. The fourth-order valence-electron chi connectivity index (χ4n) is 3.08. The first-order chi connectivity index (χ1) is 13.9. The van der Waals surface area contributed by atoms with Crippen molar-refractivity contribution in [2.45, 2.75) is 11.4 Å². The van der Waals surface area contributed by atoms with Crippen LogP contribution in [0.25, 0.3) is 11.1 Å². The molecule has 0 saturated carbocycles. The molecule has 29 heavy (non-hydrogen) atoms. The van der Waals surface area contributed by atoms with E-state index in [0.29, 0.717) is 5.56 Å². The normalized spacial score (nSPS) is 15.8. The molecule has 0 spiro atoms. The van der Waals surface area contributed by atoms with Gasteiger partial charge in [-0.15, -0.1) is 0 Å². The molecular formula is C20H13ClF2N2O3S. The highest BCUT2D eigenvalue weighted by molar-refractivity contribution is 7.86. The predicted molar refractivity (Wildman–Crippen MR) is 106 cm³/mol. The SMILES string of the molecule is O=C1NCc2ccccc2-c2c(F)ccc(c2F)NS(=O)c2cc1cc(Cl)c2O. The molecule has 3 N–H and O–H groups in total. The largest absolute Gasteiger partial charge is 0.505 e. The van der Waals surface area contributed by atoms with Crippen LogP contribution in [0, 0.1) is 11.6 Å². The standard InChI is InChI=1S/C20H13ClF2N2O3S/c21-13-7-11-8-16(19(13)26)29(28)25-15-6-5-14(22)17(18(15)23)12-4-2-1-3-10(12)9-24-20(11)27/h1-8,25-26H,9H2,(H,24,27). The van der Waals surface area contributed by atoms with E-state index in [4.69, 9.17) is 11.6 Å². The van der Waals surface area contributed by atoms with E-state index in [0.717, 1.165) is 12.1 Å². The number of phenols is 1. The molecule has 4 bridgehead atoms. The average Bonchev–Trinajstić information content (AvgIpc) is 2.70. The molecule has 1 atom stereocenters. The first-order valence-electron chi connectivity index (χ1n) is 8.42. The Kier molecular flexibility index (Phi) is 4.97. The summed E-state index contributed by atoms with van der Waals surface area (Å²) in [5.41, 5.74) is 0.262. The molecule has 9 heteroatoms. The van der Waals surface area contributed by atoms with Gasteiger partial charge in [0.05, 0.1) is 16.3 Å². The number of phenolic OH excluding ortho intramolecular Hbond substituents is 1. The topological polar surface area (TPSA) is 78.4 Å². The quantitative estimate of drug-likeness (QED) is 0.491. The first kappa shape index (κ1) is 19.4. The smallest absolute Gasteiger partial charge is 0.251 e. The van der Waals surface area contributed by atoms with Gasteiger partial charge in [0, 0.05) is 12.1 Å². The summed E-state index contributed by atoms with van der Waals surface area (Å²) < 4.78 is 44.9. The van der Waals surface area contributed by atoms with Crippen LogP contribution in [0.5, 0.6) is 5.75 Å². The summed E-state index contributed by atoms with van der Waals surface area (Å²) in [6.07, 6.45) is 0. The highest BCUT2D eigenvalue weighted by Crippen LogP contribution is 2.36. The number of nitrogens with one attached hydrogen (secondary N) is 2. The Bertz CT molecular complexity index is 1190. The van der Waals surface area contributed by atoms with Gasteiger partial charge in [0.1, 0.15) is 10.7 Å². The van der Waals surface area contributed by atoms with Crippen LogP contribution in [0.4, 0.5) is 14.5 Å². The maximum atomic E-state index is 15.2. The second kappa shape index (κ2) is 7.46. The predicted octanol–water partition coefficient (Wildman–Crippen LogP) is 4.37. The molecular weight excluding hydrogens is 422 g/mol. The lowest BCUT2D eigenvalue weighted by molar-refractivity contribution is 0.0950. The maximum Gasteiger partial charge on any atom is 0.251 e. The summed E-state index contributed by atoms with van der Waals surface area (Å²) in [7, 11) is -2.18. The Morgan fingerprint density at radius 2 is 1.86 bits per heavy atom. The Morgan fingerprint density at radius 1 is 1.10 bits per heavy atom. The van der Waals surface area contributed by atoms with E-state index >= 15 is 4.39 Å². The van der Waals surface area contributed by atoms with Crippen LogP contribution in [-0.4, -0.2) is 15.2 Å². The van der Waals surface area contributed by atoms with Crippen molar-refractivity contribution in [2.75, 3.05) is 4.72 Å². The molecule has 1 heterocycles. The Morgan fingerprint density at radius 3 is 2.66 bits per heavy atom. The third-order valence-corrected chi connectivity index (χ3v) is 5.91. The van der Waals surface area contributed by atoms with Gasteiger partial charge in [0.15, 0.2) is 22.6 Å². The van der Waals surface area contributed by atoms with Crippen molar-refractivity contribution in [3.05, 3.63) is 76.3 Å². The van der Waals surface area contributed by atoms with Crippen LogP contribution < -0.4 is 10.0 Å². The number of carbonyl (C=O) groups excluding carboxylic acids is 1. The van der Waals surface area contributed by atoms with Gasteiger partial charge >= 0.3 is 0 Å². The molecule has 5 nitrogen and oxygen atoms in total. The van der Waals surface area contributed by atoms with E-state index < -0.39 is 34.3 Å². The molecule has 0 aliphatic carbocycles. The number of fused-ring (bicyclic) bond motifs is 6. The van der Waals surface area contributed by atoms with Crippen molar-refractivity contribution in [1.82, 2.24) is 5.32 Å². The first-order valence-corrected chi connectivity index (χ1v) is 9.95. The monoisotopic (exact) mass is 434 g/mol. The van der Waals surface area contributed by atoms with E-state index in [-0.39, 0.29) is 38.8 Å². The summed E-state index contributed by atoms with van der Waals surface area (Å²) in [5.74, 6) is -2.81. The van der Waals surface area contributed by atoms with Crippen LogP contribution in [0.2, 0.25) is 5.02 Å². The Labute approximate surface area is 171 Å². The molecule has 0 aromatic heterocycles. The van der Waals surface area contributed by atoms with E-state index in [9.17, 15) is 18.5 Å². The lowest BCUT2D eigenvalue weighted by Gasteiger charge is -2.14. The second-order valence-electron chi connectivity index (χ2n) is 6.30. The van der Waals surface area contributed by atoms with E-state index in [2.05, 4.69) is 10.0 Å². The second-order valence-corrected chi connectivity index (χ2v) is 7.89. The lowest BCUT2D eigenvalue weighted by atomic mass is 9.98. The van der Waals surface area contributed by atoms with Crippen molar-refractivity contribution >= 4 is 34.2 Å². The van der Waals surface area contributed by atoms with Crippen molar-refractivity contribution in [2.24, 2.45) is 0 Å². The fraction of sp³-hybridized carbons (Fsp3) is 0.0500. The number of aromatic hydroxyl groups is 1. The fourth-order valence-corrected chi connectivity index (χ4v) is 4.34. The third-order valence-electron chi connectivity index (χ3n) is 4.51. The Balaban J connectivity index is 1.97. The van der Waals surface area contributed by atoms with E-state index in [1.54, 1.807) is 18.2 Å². The number of benzene rings is 3. The summed E-state index contributed by atoms with van der Waals surface area (Å²) in [4.78, 5) is 12.4. The molecule has 3 aromatic carbocycles. The molecule has 3 aromatic rings. The van der Waals surface area contributed by atoms with Crippen molar-refractivity contribution in [3.63, 3.8) is 0 Å². The summed E-state index contributed by atoms with van der Waals surface area (Å²) in [6, 6.07) is 11.1. The zero-order chi connectivity index (χ0) is 20.7. The van der Waals surface area contributed by atoms with Gasteiger partial charge in [-0.25, -0.2) is 13.0 Å². The number of anilines is 1. The van der Waals surface area contributed by atoms with E-state index in [1.807, 2.05) is 0 Å². The number of rotatable bonds is 0. The molecule has 1 aliphatic heterocycles. The van der Waals surface area contributed by atoms with Gasteiger partial charge < -0.3 is 10.4 Å². The van der Waals surface area contributed by atoms with Crippen molar-refractivity contribution in [3.8, 4) is 16.9 Å². The lowest BCUT2D eigenvalue weighted by Crippen LogP contribution is -2.23. The van der Waals surface area contributed by atoms with Gasteiger partial charge in [0.25, 0.3) is 5.91 Å². The number of hydrogen-bond acceptors (Lipinski definition) is 3. The van der Waals surface area contributed by atoms with Crippen molar-refractivity contribution in [1.29, 1.82) is 0 Å². The highest BCUT2D eigenvalue weighted by atomic mass is 35.5. The van der Waals surface area contributed by atoms with Gasteiger partial charge in [0.2, 0.25) is 0 Å². The summed E-state index contributed by atoms with van der Waals surface area (Å²) in [6.45, 7) is -0.0114. The molecule has 4 rings (SSSR count). The number of carbonyl (C=O) groups is 1. The highest BCUT2D eigenvalue weighted by Gasteiger charge is 2.23. The number of halogens is 3. The van der Waals surface area contributed by atoms with E-state index in [1.165, 1.54) is 18.2 Å².